The number of hydrogen-bond donors (Lipinski definition) is 3. The Hall–Kier alpha value is -3.22. The molecule has 3 rings (SSSR count). The third kappa shape index (κ3) is 4.05. The summed E-state index contributed by atoms with van der Waals surface area (Å²) >= 11 is 0. The zero-order chi connectivity index (χ0) is 18.7. The van der Waals surface area contributed by atoms with Gasteiger partial charge in [-0.05, 0) is 48.4 Å². The number of fused-ring (bicyclic) bond motifs is 1. The molecule has 1 aromatic heterocycles. The van der Waals surface area contributed by atoms with Crippen molar-refractivity contribution in [2.75, 3.05) is 0 Å². The van der Waals surface area contributed by atoms with Gasteiger partial charge in [0.15, 0.2) is 0 Å². The van der Waals surface area contributed by atoms with Crippen molar-refractivity contribution in [3.05, 3.63) is 70.9 Å². The lowest BCUT2D eigenvalue weighted by Gasteiger charge is -2.08. The summed E-state index contributed by atoms with van der Waals surface area (Å²) in [5, 5.41) is 0.635. The molecule has 0 aliphatic rings. The number of aromatic amines is 1. The molecule has 0 saturated heterocycles. The second-order valence-electron chi connectivity index (χ2n) is 5.99. The Balaban J connectivity index is 1.59. The number of carbonyl (C=O) groups is 2. The number of carbonyl (C=O) groups excluding carboxylic acids is 2. The van der Waals surface area contributed by atoms with Gasteiger partial charge >= 0.3 is 0 Å². The third-order valence-corrected chi connectivity index (χ3v) is 4.04. The van der Waals surface area contributed by atoms with Crippen molar-refractivity contribution in [2.45, 2.75) is 19.8 Å². The molecule has 0 fully saturated rings. The summed E-state index contributed by atoms with van der Waals surface area (Å²) in [6.07, 6.45) is 0.00397. The van der Waals surface area contributed by atoms with E-state index in [-0.39, 0.29) is 24.5 Å². The van der Waals surface area contributed by atoms with Crippen LogP contribution in [0.5, 0.6) is 0 Å². The van der Waals surface area contributed by atoms with E-state index in [0.717, 1.165) is 11.2 Å². The molecule has 0 spiro atoms. The van der Waals surface area contributed by atoms with E-state index in [9.17, 15) is 18.4 Å². The smallest absolute Gasteiger partial charge is 0.242 e. The van der Waals surface area contributed by atoms with Gasteiger partial charge in [0.05, 0.1) is 12.8 Å². The molecule has 0 aliphatic carbocycles. The zero-order valence-corrected chi connectivity index (χ0v) is 14.0. The van der Waals surface area contributed by atoms with E-state index in [1.807, 2.05) is 0 Å². The van der Waals surface area contributed by atoms with Gasteiger partial charge < -0.3 is 4.98 Å². The van der Waals surface area contributed by atoms with E-state index < -0.39 is 11.8 Å². The third-order valence-electron chi connectivity index (χ3n) is 4.04. The fourth-order valence-electron chi connectivity index (χ4n) is 2.76. The van der Waals surface area contributed by atoms with Crippen LogP contribution in [0.25, 0.3) is 10.9 Å². The average molecular weight is 357 g/mol. The van der Waals surface area contributed by atoms with Crippen LogP contribution in [0.3, 0.4) is 0 Å². The minimum Gasteiger partial charge on any atom is -0.358 e. The first kappa shape index (κ1) is 17.6. The Morgan fingerprint density at radius 1 is 0.923 bits per heavy atom. The predicted molar refractivity (Wildman–Crippen MR) is 93.1 cm³/mol. The van der Waals surface area contributed by atoms with E-state index in [1.54, 1.807) is 13.0 Å². The van der Waals surface area contributed by atoms with Gasteiger partial charge in [0.25, 0.3) is 0 Å². The molecule has 1 heterocycles. The molecule has 26 heavy (non-hydrogen) atoms. The summed E-state index contributed by atoms with van der Waals surface area (Å²) in [4.78, 5) is 27.1. The van der Waals surface area contributed by atoms with Gasteiger partial charge in [0, 0.05) is 16.6 Å². The molecule has 0 saturated carbocycles. The van der Waals surface area contributed by atoms with Crippen LogP contribution in [0.15, 0.2) is 42.5 Å². The van der Waals surface area contributed by atoms with Crippen LogP contribution in [-0.4, -0.2) is 16.8 Å². The number of hydrazine groups is 1. The lowest BCUT2D eigenvalue weighted by Crippen LogP contribution is -2.43. The number of hydrogen-bond acceptors (Lipinski definition) is 2. The van der Waals surface area contributed by atoms with Gasteiger partial charge in [-0.2, -0.15) is 0 Å². The normalized spacial score (nSPS) is 10.7. The number of aromatic nitrogens is 1. The summed E-state index contributed by atoms with van der Waals surface area (Å²) in [6.45, 7) is 1.80. The van der Waals surface area contributed by atoms with Crippen molar-refractivity contribution >= 4 is 22.7 Å². The summed E-state index contributed by atoms with van der Waals surface area (Å²) < 4.78 is 26.3. The summed E-state index contributed by atoms with van der Waals surface area (Å²) in [6, 6.07) is 9.86. The van der Waals surface area contributed by atoms with Crippen LogP contribution < -0.4 is 10.9 Å². The Labute approximate surface area is 148 Å². The first-order valence-electron chi connectivity index (χ1n) is 8.01. The van der Waals surface area contributed by atoms with Crippen LogP contribution in [0.2, 0.25) is 0 Å². The van der Waals surface area contributed by atoms with Crippen LogP contribution >= 0.6 is 0 Å². The van der Waals surface area contributed by atoms with Crippen molar-refractivity contribution in [3.63, 3.8) is 0 Å². The Morgan fingerprint density at radius 2 is 1.54 bits per heavy atom. The maximum atomic E-state index is 13.5. The lowest BCUT2D eigenvalue weighted by molar-refractivity contribution is -0.128. The number of H-pyrrole nitrogens is 1. The fourth-order valence-corrected chi connectivity index (χ4v) is 2.76. The van der Waals surface area contributed by atoms with Gasteiger partial charge in [-0.1, -0.05) is 12.1 Å². The molecule has 0 atom stereocenters. The molecule has 0 radical (unpaired) electrons. The summed E-state index contributed by atoms with van der Waals surface area (Å²) in [5.74, 6) is -1.61. The molecule has 134 valence electrons. The van der Waals surface area contributed by atoms with Gasteiger partial charge in [-0.3, -0.25) is 20.4 Å². The SMILES string of the molecule is Cc1[nH]c2ccc(F)cc2c1CC(=O)NNC(=O)Cc1ccc(F)cc1. The fraction of sp³-hybridized carbons (Fsp3) is 0.158. The average Bonchev–Trinajstić information content (AvgIpc) is 2.90. The largest absolute Gasteiger partial charge is 0.358 e. The van der Waals surface area contributed by atoms with Gasteiger partial charge in [0.2, 0.25) is 11.8 Å². The van der Waals surface area contributed by atoms with E-state index >= 15 is 0 Å². The monoisotopic (exact) mass is 357 g/mol. The van der Waals surface area contributed by atoms with E-state index in [0.29, 0.717) is 16.5 Å². The topological polar surface area (TPSA) is 74.0 Å². The number of aryl methyl sites for hydroxylation is 1. The molecule has 5 nitrogen and oxygen atoms in total. The Bertz CT molecular complexity index is 965. The highest BCUT2D eigenvalue weighted by Gasteiger charge is 2.14. The van der Waals surface area contributed by atoms with E-state index in [1.165, 1.54) is 36.4 Å². The number of benzene rings is 2. The zero-order valence-electron chi connectivity index (χ0n) is 14.0. The van der Waals surface area contributed by atoms with Crippen LogP contribution in [0.1, 0.15) is 16.8 Å². The highest BCUT2D eigenvalue weighted by atomic mass is 19.1. The van der Waals surface area contributed by atoms with Crippen molar-refractivity contribution < 1.29 is 18.4 Å². The lowest BCUT2D eigenvalue weighted by atomic mass is 10.1. The Morgan fingerprint density at radius 3 is 2.23 bits per heavy atom. The maximum absolute atomic E-state index is 13.5. The molecular weight excluding hydrogens is 340 g/mol. The second-order valence-corrected chi connectivity index (χ2v) is 5.99. The molecule has 3 aromatic rings. The quantitative estimate of drug-likeness (QED) is 0.628. The Kier molecular flexibility index (Phi) is 4.97. The predicted octanol–water partition coefficient (Wildman–Crippen LogP) is 2.69. The molecule has 7 heteroatoms. The highest BCUT2D eigenvalue weighted by Crippen LogP contribution is 2.23. The number of amides is 2. The van der Waals surface area contributed by atoms with E-state index in [4.69, 9.17) is 0 Å². The minimum absolute atomic E-state index is 0.00782. The number of rotatable bonds is 4. The minimum atomic E-state index is -0.425. The van der Waals surface area contributed by atoms with E-state index in [2.05, 4.69) is 15.8 Å². The van der Waals surface area contributed by atoms with Crippen molar-refractivity contribution in [2.24, 2.45) is 0 Å². The van der Waals surface area contributed by atoms with Crippen LogP contribution in [-0.2, 0) is 22.4 Å². The van der Waals surface area contributed by atoms with Crippen molar-refractivity contribution in [1.82, 2.24) is 15.8 Å². The van der Waals surface area contributed by atoms with Crippen LogP contribution in [0.4, 0.5) is 8.78 Å². The first-order chi connectivity index (χ1) is 12.4. The number of halogens is 2. The standard InChI is InChI=1S/C19H17F2N3O2/c1-11-15(16-9-14(21)6-7-17(16)22-11)10-19(26)24-23-18(25)8-12-2-4-13(20)5-3-12/h2-7,9,22H,8,10H2,1H3,(H,23,25)(H,24,26). The van der Waals surface area contributed by atoms with Crippen molar-refractivity contribution in [3.8, 4) is 0 Å². The van der Waals surface area contributed by atoms with Gasteiger partial charge in [-0.15, -0.1) is 0 Å². The molecule has 0 aliphatic heterocycles. The second kappa shape index (κ2) is 7.35. The molecule has 2 aromatic carbocycles. The van der Waals surface area contributed by atoms with Gasteiger partial charge in [0.1, 0.15) is 11.6 Å². The summed E-state index contributed by atoms with van der Waals surface area (Å²) in [5.41, 5.74) is 7.46. The first-order valence-corrected chi connectivity index (χ1v) is 8.01. The van der Waals surface area contributed by atoms with Crippen molar-refractivity contribution in [1.29, 1.82) is 0 Å². The molecular formula is C19H17F2N3O2. The summed E-state index contributed by atoms with van der Waals surface area (Å²) in [7, 11) is 0. The van der Waals surface area contributed by atoms with Crippen LogP contribution in [0, 0.1) is 18.6 Å². The number of nitrogens with one attached hydrogen (secondary N) is 3. The molecule has 0 unspecified atom stereocenters. The highest BCUT2D eigenvalue weighted by molar-refractivity contribution is 5.91. The van der Waals surface area contributed by atoms with Gasteiger partial charge in [-0.25, -0.2) is 8.78 Å². The maximum Gasteiger partial charge on any atom is 0.242 e. The molecule has 3 N–H and O–H groups in total. The molecule has 0 bridgehead atoms. The molecule has 2 amide bonds.